The molecule has 0 amide bonds. The minimum absolute atomic E-state index is 0.0612. The average Bonchev–Trinajstić information content (AvgIpc) is 3.03. The van der Waals surface area contributed by atoms with E-state index in [2.05, 4.69) is 10.6 Å². The lowest BCUT2D eigenvalue weighted by Gasteiger charge is -2.24. The molecule has 0 bridgehead atoms. The van der Waals surface area contributed by atoms with Crippen LogP contribution in [0.2, 0.25) is 0 Å². The second kappa shape index (κ2) is 7.38. The lowest BCUT2D eigenvalue weighted by atomic mass is 9.99. The molecule has 6 N–H and O–H groups in total. The number of hydrogen-bond acceptors (Lipinski definition) is 4. The fourth-order valence-electron chi connectivity index (χ4n) is 3.15. The molecule has 1 aliphatic rings. The molecule has 29 heavy (non-hydrogen) atoms. The Morgan fingerprint density at radius 1 is 0.897 bits per heavy atom. The molecule has 158 valence electrons. The van der Waals surface area contributed by atoms with Gasteiger partial charge in [-0.2, -0.15) is 26.3 Å². The van der Waals surface area contributed by atoms with Gasteiger partial charge in [-0.25, -0.2) is 4.39 Å². The van der Waals surface area contributed by atoms with E-state index in [1.165, 1.54) is 24.3 Å². The normalized spacial score (nSPS) is 18.6. The highest BCUT2D eigenvalue weighted by atomic mass is 19.4. The predicted octanol–water partition coefficient (Wildman–Crippen LogP) is 4.44. The van der Waals surface area contributed by atoms with E-state index in [9.17, 15) is 30.7 Å². The van der Waals surface area contributed by atoms with Crippen molar-refractivity contribution in [3.05, 3.63) is 58.9 Å². The summed E-state index contributed by atoms with van der Waals surface area (Å²) in [4.78, 5) is 0. The first-order valence-electron chi connectivity index (χ1n) is 8.48. The molecule has 11 heteroatoms. The minimum Gasteiger partial charge on any atom is -0.362 e. The van der Waals surface area contributed by atoms with Gasteiger partial charge in [0.25, 0.3) is 0 Å². The molecule has 0 saturated carbocycles. The van der Waals surface area contributed by atoms with Crippen LogP contribution in [0.4, 0.5) is 42.1 Å². The van der Waals surface area contributed by atoms with Gasteiger partial charge < -0.3 is 22.1 Å². The van der Waals surface area contributed by atoms with Gasteiger partial charge in [0.2, 0.25) is 0 Å². The Morgan fingerprint density at radius 2 is 1.52 bits per heavy atom. The number of benzene rings is 2. The molecule has 3 rings (SSSR count). The summed E-state index contributed by atoms with van der Waals surface area (Å²) in [5.41, 5.74) is 8.90. The molecule has 0 saturated heterocycles. The second-order valence-electron chi connectivity index (χ2n) is 6.77. The van der Waals surface area contributed by atoms with Gasteiger partial charge in [-0.1, -0.05) is 12.1 Å². The Hall–Kier alpha value is -2.53. The summed E-state index contributed by atoms with van der Waals surface area (Å²) >= 11 is 0. The minimum atomic E-state index is -5.00. The van der Waals surface area contributed by atoms with E-state index in [1.807, 2.05) is 0 Å². The number of fused-ring (bicyclic) bond motifs is 1. The summed E-state index contributed by atoms with van der Waals surface area (Å²) in [6, 6.07) is 4.48. The van der Waals surface area contributed by atoms with Crippen molar-refractivity contribution < 1.29 is 30.7 Å². The van der Waals surface area contributed by atoms with Crippen LogP contribution in [-0.4, -0.2) is 12.2 Å². The van der Waals surface area contributed by atoms with Crippen molar-refractivity contribution in [1.29, 1.82) is 0 Å². The van der Waals surface area contributed by atoms with Crippen LogP contribution in [0.25, 0.3) is 0 Å². The SMILES string of the molecule is NC(CC(N)C1Nc2cc(C(F)(F)F)cc(C(F)(F)F)c2N1)c1ccc(F)cc1. The van der Waals surface area contributed by atoms with Crippen molar-refractivity contribution in [3.63, 3.8) is 0 Å². The van der Waals surface area contributed by atoms with Crippen LogP contribution < -0.4 is 22.1 Å². The molecule has 1 aliphatic heterocycles. The molecule has 2 aromatic carbocycles. The zero-order valence-electron chi connectivity index (χ0n) is 14.7. The van der Waals surface area contributed by atoms with Gasteiger partial charge in [0, 0.05) is 12.1 Å². The summed E-state index contributed by atoms with van der Waals surface area (Å²) in [7, 11) is 0. The smallest absolute Gasteiger partial charge is 0.362 e. The monoisotopic (exact) mass is 422 g/mol. The molecule has 0 spiro atoms. The number of nitrogens with one attached hydrogen (secondary N) is 2. The lowest BCUT2D eigenvalue weighted by molar-refractivity contribution is -0.142. The van der Waals surface area contributed by atoms with E-state index >= 15 is 0 Å². The van der Waals surface area contributed by atoms with E-state index in [-0.39, 0.29) is 18.2 Å². The largest absolute Gasteiger partial charge is 0.418 e. The number of anilines is 2. The van der Waals surface area contributed by atoms with Gasteiger partial charge in [-0.05, 0) is 36.2 Å². The quantitative estimate of drug-likeness (QED) is 0.550. The number of alkyl halides is 6. The third-order valence-electron chi connectivity index (χ3n) is 4.63. The number of nitrogens with two attached hydrogens (primary N) is 2. The van der Waals surface area contributed by atoms with E-state index in [4.69, 9.17) is 11.5 Å². The van der Waals surface area contributed by atoms with Gasteiger partial charge in [0.15, 0.2) is 0 Å². The van der Waals surface area contributed by atoms with Crippen molar-refractivity contribution in [1.82, 2.24) is 0 Å². The molecule has 0 fully saturated rings. The Labute approximate surface area is 161 Å². The summed E-state index contributed by atoms with van der Waals surface area (Å²) in [6.45, 7) is 0. The van der Waals surface area contributed by atoms with Gasteiger partial charge >= 0.3 is 12.4 Å². The fraction of sp³-hybridized carbons (Fsp3) is 0.333. The molecular formula is C18H17F7N4. The maximum Gasteiger partial charge on any atom is 0.418 e. The Bertz CT molecular complexity index is 878. The third kappa shape index (κ3) is 4.56. The van der Waals surface area contributed by atoms with Crippen LogP contribution in [0.3, 0.4) is 0 Å². The standard InChI is InChI=1S/C18H17F7N4/c19-10-3-1-8(2-4-10)12(26)7-13(27)16-28-14-6-9(17(20,21)22)5-11(15(14)29-16)18(23,24)25/h1-6,12-13,16,28-29H,7,26-27H2. The molecule has 0 aromatic heterocycles. The molecule has 2 aromatic rings. The van der Waals surface area contributed by atoms with Crippen LogP contribution in [0.1, 0.15) is 29.2 Å². The molecule has 1 heterocycles. The molecule has 3 atom stereocenters. The van der Waals surface area contributed by atoms with Crippen LogP contribution in [0.5, 0.6) is 0 Å². The first kappa shape index (κ1) is 21.2. The zero-order chi connectivity index (χ0) is 21.6. The Balaban J connectivity index is 1.82. The lowest BCUT2D eigenvalue weighted by Crippen LogP contribution is -2.44. The Morgan fingerprint density at radius 3 is 2.07 bits per heavy atom. The van der Waals surface area contributed by atoms with Crippen molar-refractivity contribution in [3.8, 4) is 0 Å². The molecule has 4 nitrogen and oxygen atoms in total. The predicted molar refractivity (Wildman–Crippen MR) is 93.4 cm³/mol. The number of halogens is 7. The van der Waals surface area contributed by atoms with E-state index in [0.29, 0.717) is 11.6 Å². The molecule has 0 radical (unpaired) electrons. The van der Waals surface area contributed by atoms with Crippen LogP contribution >= 0.6 is 0 Å². The Kier molecular flexibility index (Phi) is 5.39. The van der Waals surface area contributed by atoms with Crippen molar-refractivity contribution in [2.45, 2.75) is 37.0 Å². The summed E-state index contributed by atoms with van der Waals surface area (Å²) in [6.07, 6.45) is -10.8. The zero-order valence-corrected chi connectivity index (χ0v) is 14.7. The maximum atomic E-state index is 13.3. The summed E-state index contributed by atoms with van der Waals surface area (Å²) in [5, 5.41) is 5.09. The molecular weight excluding hydrogens is 405 g/mol. The van der Waals surface area contributed by atoms with Crippen molar-refractivity contribution in [2.75, 3.05) is 10.6 Å². The average molecular weight is 422 g/mol. The van der Waals surface area contributed by atoms with Gasteiger partial charge in [0.1, 0.15) is 12.0 Å². The van der Waals surface area contributed by atoms with Crippen LogP contribution in [0.15, 0.2) is 36.4 Å². The fourth-order valence-corrected chi connectivity index (χ4v) is 3.15. The first-order valence-corrected chi connectivity index (χ1v) is 8.48. The van der Waals surface area contributed by atoms with Gasteiger partial charge in [-0.3, -0.25) is 0 Å². The molecule has 3 unspecified atom stereocenters. The second-order valence-corrected chi connectivity index (χ2v) is 6.77. The van der Waals surface area contributed by atoms with Crippen LogP contribution in [-0.2, 0) is 12.4 Å². The summed E-state index contributed by atoms with van der Waals surface area (Å²) in [5.74, 6) is -0.458. The topological polar surface area (TPSA) is 76.1 Å². The van der Waals surface area contributed by atoms with Crippen molar-refractivity contribution >= 4 is 11.4 Å². The van der Waals surface area contributed by atoms with Gasteiger partial charge in [-0.15, -0.1) is 0 Å². The highest BCUT2D eigenvalue weighted by Crippen LogP contribution is 2.46. The number of rotatable bonds is 4. The highest BCUT2D eigenvalue weighted by Gasteiger charge is 2.42. The third-order valence-corrected chi connectivity index (χ3v) is 4.63. The molecule has 0 aliphatic carbocycles. The number of hydrogen-bond donors (Lipinski definition) is 4. The first-order chi connectivity index (χ1) is 13.4. The maximum absolute atomic E-state index is 13.3. The van der Waals surface area contributed by atoms with Gasteiger partial charge in [0.05, 0.1) is 22.5 Å². The summed E-state index contributed by atoms with van der Waals surface area (Å²) < 4.78 is 91.8. The van der Waals surface area contributed by atoms with Crippen molar-refractivity contribution in [2.24, 2.45) is 11.5 Å². The van der Waals surface area contributed by atoms with E-state index in [0.717, 1.165) is 0 Å². The van der Waals surface area contributed by atoms with E-state index in [1.54, 1.807) is 0 Å². The van der Waals surface area contributed by atoms with Crippen LogP contribution in [0, 0.1) is 5.82 Å². The highest BCUT2D eigenvalue weighted by molar-refractivity contribution is 5.79. The van der Waals surface area contributed by atoms with E-state index < -0.39 is 53.2 Å².